The predicted octanol–water partition coefficient (Wildman–Crippen LogP) is 3.22. The molecule has 0 spiro atoms. The largest absolute Gasteiger partial charge is 0.372 e. The first-order valence-corrected chi connectivity index (χ1v) is 11.9. The molecule has 4 rings (SSSR count). The van der Waals surface area contributed by atoms with Gasteiger partial charge in [0.05, 0.1) is 18.1 Å². The number of carbonyl (C=O) groups is 3. The summed E-state index contributed by atoms with van der Waals surface area (Å²) in [5, 5.41) is 2.95. The number of anilines is 1. The van der Waals surface area contributed by atoms with Gasteiger partial charge in [0.1, 0.15) is 0 Å². The average molecular weight is 464 g/mol. The van der Waals surface area contributed by atoms with Crippen LogP contribution in [0, 0.1) is 19.8 Å². The third-order valence-electron chi connectivity index (χ3n) is 6.74. The number of ether oxygens (including phenoxy) is 1. The molecule has 1 N–H and O–H groups in total. The summed E-state index contributed by atoms with van der Waals surface area (Å²) in [4.78, 5) is 41.8. The van der Waals surface area contributed by atoms with Gasteiger partial charge in [0.25, 0.3) is 5.91 Å². The third-order valence-corrected chi connectivity index (χ3v) is 6.74. The monoisotopic (exact) mass is 463 g/mol. The fourth-order valence-electron chi connectivity index (χ4n) is 4.77. The predicted molar refractivity (Wildman–Crippen MR) is 131 cm³/mol. The fourth-order valence-corrected chi connectivity index (χ4v) is 4.77. The molecule has 34 heavy (non-hydrogen) atoms. The molecule has 2 aliphatic rings. The summed E-state index contributed by atoms with van der Waals surface area (Å²) in [6.45, 7) is 9.87. The lowest BCUT2D eigenvalue weighted by Gasteiger charge is -2.35. The minimum Gasteiger partial charge on any atom is -0.372 e. The first kappa shape index (κ1) is 24.0. The molecule has 2 saturated heterocycles. The number of hydrogen-bond acceptors (Lipinski definition) is 4. The van der Waals surface area contributed by atoms with Crippen molar-refractivity contribution < 1.29 is 19.1 Å². The summed E-state index contributed by atoms with van der Waals surface area (Å²) >= 11 is 0. The number of morpholine rings is 1. The van der Waals surface area contributed by atoms with Crippen molar-refractivity contribution in [2.45, 2.75) is 52.9 Å². The Morgan fingerprint density at radius 2 is 1.68 bits per heavy atom. The van der Waals surface area contributed by atoms with Crippen molar-refractivity contribution in [3.05, 3.63) is 64.7 Å². The number of hydrogen-bond donors (Lipinski definition) is 1. The lowest BCUT2D eigenvalue weighted by molar-refractivity contribution is -0.126. The Kier molecular flexibility index (Phi) is 7.03. The van der Waals surface area contributed by atoms with Gasteiger partial charge in [0.15, 0.2) is 0 Å². The summed E-state index contributed by atoms with van der Waals surface area (Å²) in [6.07, 6.45) is 0.258. The maximum Gasteiger partial charge on any atom is 0.254 e. The summed E-state index contributed by atoms with van der Waals surface area (Å²) in [6, 6.07) is 13.2. The van der Waals surface area contributed by atoms with E-state index >= 15 is 0 Å². The zero-order valence-electron chi connectivity index (χ0n) is 20.3. The van der Waals surface area contributed by atoms with Crippen molar-refractivity contribution in [3.8, 4) is 0 Å². The molecule has 2 aromatic rings. The zero-order valence-corrected chi connectivity index (χ0v) is 20.3. The van der Waals surface area contributed by atoms with Gasteiger partial charge in [-0.25, -0.2) is 0 Å². The Balaban J connectivity index is 1.32. The molecule has 0 radical (unpaired) electrons. The molecule has 0 aliphatic carbocycles. The molecule has 2 aliphatic heterocycles. The highest BCUT2D eigenvalue weighted by Crippen LogP contribution is 2.29. The van der Waals surface area contributed by atoms with Gasteiger partial charge in [-0.05, 0) is 62.6 Å². The number of amides is 3. The van der Waals surface area contributed by atoms with Gasteiger partial charge in [-0.1, -0.05) is 24.3 Å². The SMILES string of the molecule is Cc1cccc(N2CC(C(=O)NCc3ccc(C(=O)N4CC(C)OC(C)C4)cc3)CC2=O)c1C. The number of nitrogens with one attached hydrogen (secondary N) is 1. The number of aryl methyl sites for hydroxylation is 1. The lowest BCUT2D eigenvalue weighted by Crippen LogP contribution is -2.48. The van der Waals surface area contributed by atoms with Crippen LogP contribution in [0.2, 0.25) is 0 Å². The second-order valence-corrected chi connectivity index (χ2v) is 9.51. The van der Waals surface area contributed by atoms with Crippen molar-refractivity contribution in [1.29, 1.82) is 0 Å². The van der Waals surface area contributed by atoms with E-state index in [4.69, 9.17) is 4.74 Å². The van der Waals surface area contributed by atoms with Crippen LogP contribution >= 0.6 is 0 Å². The topological polar surface area (TPSA) is 79.0 Å². The van der Waals surface area contributed by atoms with E-state index < -0.39 is 0 Å². The van der Waals surface area contributed by atoms with Crippen molar-refractivity contribution >= 4 is 23.4 Å². The molecule has 0 bridgehead atoms. The normalized spacial score (nSPS) is 22.7. The van der Waals surface area contributed by atoms with Crippen LogP contribution in [0.3, 0.4) is 0 Å². The van der Waals surface area contributed by atoms with Crippen LogP contribution in [0.4, 0.5) is 5.69 Å². The van der Waals surface area contributed by atoms with E-state index in [9.17, 15) is 14.4 Å². The van der Waals surface area contributed by atoms with Crippen LogP contribution in [0.25, 0.3) is 0 Å². The van der Waals surface area contributed by atoms with E-state index in [1.54, 1.807) is 17.0 Å². The Labute approximate surface area is 201 Å². The quantitative estimate of drug-likeness (QED) is 0.739. The summed E-state index contributed by atoms with van der Waals surface area (Å²) < 4.78 is 5.71. The number of benzene rings is 2. The van der Waals surface area contributed by atoms with Gasteiger partial charge in [0, 0.05) is 43.9 Å². The van der Waals surface area contributed by atoms with Crippen molar-refractivity contribution in [2.75, 3.05) is 24.5 Å². The molecule has 0 aromatic heterocycles. The van der Waals surface area contributed by atoms with Gasteiger partial charge >= 0.3 is 0 Å². The van der Waals surface area contributed by atoms with Crippen molar-refractivity contribution in [1.82, 2.24) is 10.2 Å². The van der Waals surface area contributed by atoms with E-state index in [2.05, 4.69) is 5.32 Å². The standard InChI is InChI=1S/C27H33N3O4/c1-17-6-5-7-24(20(17)4)30-16-23(12-25(30)31)26(32)28-13-21-8-10-22(11-9-21)27(33)29-14-18(2)34-19(3)15-29/h5-11,18-19,23H,12-16H2,1-4H3,(H,28,32). The molecule has 2 fully saturated rings. The average Bonchev–Trinajstić information content (AvgIpc) is 3.20. The number of rotatable bonds is 5. The third kappa shape index (κ3) is 5.14. The highest BCUT2D eigenvalue weighted by atomic mass is 16.5. The van der Waals surface area contributed by atoms with E-state index in [-0.39, 0.29) is 42.3 Å². The first-order valence-electron chi connectivity index (χ1n) is 11.9. The number of carbonyl (C=O) groups excluding carboxylic acids is 3. The minimum absolute atomic E-state index is 0.00594. The summed E-state index contributed by atoms with van der Waals surface area (Å²) in [5.41, 5.74) is 4.60. The Morgan fingerprint density at radius 3 is 2.35 bits per heavy atom. The second kappa shape index (κ2) is 9.97. The summed E-state index contributed by atoms with van der Waals surface area (Å²) in [7, 11) is 0. The Bertz CT molecular complexity index is 1070. The van der Waals surface area contributed by atoms with Gasteiger partial charge in [-0.3, -0.25) is 14.4 Å². The van der Waals surface area contributed by atoms with Crippen LogP contribution in [-0.2, 0) is 20.9 Å². The van der Waals surface area contributed by atoms with Gasteiger partial charge in [0.2, 0.25) is 11.8 Å². The Hall–Kier alpha value is -3.19. The van der Waals surface area contributed by atoms with Gasteiger partial charge < -0.3 is 19.9 Å². The van der Waals surface area contributed by atoms with E-state index in [1.807, 2.05) is 62.9 Å². The van der Waals surface area contributed by atoms with E-state index in [0.29, 0.717) is 31.7 Å². The highest BCUT2D eigenvalue weighted by Gasteiger charge is 2.35. The molecule has 3 amide bonds. The molecular weight excluding hydrogens is 430 g/mol. The molecule has 3 unspecified atom stereocenters. The molecule has 2 aromatic carbocycles. The van der Waals surface area contributed by atoms with Gasteiger partial charge in [-0.2, -0.15) is 0 Å². The maximum absolute atomic E-state index is 12.8. The molecule has 3 atom stereocenters. The van der Waals surface area contributed by atoms with Crippen molar-refractivity contribution in [2.24, 2.45) is 5.92 Å². The Morgan fingerprint density at radius 1 is 1.00 bits per heavy atom. The summed E-state index contributed by atoms with van der Waals surface area (Å²) in [5.74, 6) is -0.534. The second-order valence-electron chi connectivity index (χ2n) is 9.51. The molecule has 7 nitrogen and oxygen atoms in total. The highest BCUT2D eigenvalue weighted by molar-refractivity contribution is 6.01. The zero-order chi connectivity index (χ0) is 24.4. The smallest absolute Gasteiger partial charge is 0.254 e. The van der Waals surface area contributed by atoms with Crippen LogP contribution in [0.1, 0.15) is 47.3 Å². The van der Waals surface area contributed by atoms with Gasteiger partial charge in [-0.15, -0.1) is 0 Å². The molecule has 2 heterocycles. The number of nitrogens with zero attached hydrogens (tertiary/aromatic N) is 2. The first-order chi connectivity index (χ1) is 16.2. The van der Waals surface area contributed by atoms with Crippen LogP contribution < -0.4 is 10.2 Å². The van der Waals surface area contributed by atoms with Crippen molar-refractivity contribution in [3.63, 3.8) is 0 Å². The molecule has 7 heteroatoms. The van der Waals surface area contributed by atoms with Crippen LogP contribution in [0.15, 0.2) is 42.5 Å². The molecule has 180 valence electrons. The van der Waals surface area contributed by atoms with Crippen LogP contribution in [0.5, 0.6) is 0 Å². The van der Waals surface area contributed by atoms with Crippen LogP contribution in [-0.4, -0.2) is 54.5 Å². The minimum atomic E-state index is -0.376. The van der Waals surface area contributed by atoms with E-state index in [0.717, 1.165) is 22.4 Å². The van der Waals surface area contributed by atoms with E-state index in [1.165, 1.54) is 0 Å². The molecular formula is C27H33N3O4. The lowest BCUT2D eigenvalue weighted by atomic mass is 10.1. The maximum atomic E-state index is 12.8. The fraction of sp³-hybridized carbons (Fsp3) is 0.444. The molecule has 0 saturated carbocycles.